The van der Waals surface area contributed by atoms with Gasteiger partial charge in [-0.25, -0.2) is 8.42 Å². The Kier molecular flexibility index (Phi) is 4.22. The molecule has 0 saturated carbocycles. The number of nitriles is 2. The van der Waals surface area contributed by atoms with Gasteiger partial charge in [0.2, 0.25) is 0 Å². The maximum atomic E-state index is 12.2. The van der Waals surface area contributed by atoms with Crippen molar-refractivity contribution in [2.45, 2.75) is 4.90 Å². The maximum Gasteiger partial charge on any atom is 0.263 e. The molecule has 1 heterocycles. The Hall–Kier alpha value is -2.42. The van der Waals surface area contributed by atoms with Crippen LogP contribution in [0, 0.1) is 22.7 Å². The quantitative estimate of drug-likeness (QED) is 0.901. The van der Waals surface area contributed by atoms with Crippen LogP contribution in [0.3, 0.4) is 0 Å². The first-order chi connectivity index (χ1) is 9.96. The predicted molar refractivity (Wildman–Crippen MR) is 78.6 cm³/mol. The summed E-state index contributed by atoms with van der Waals surface area (Å²) in [7, 11) is -3.82. The third kappa shape index (κ3) is 3.37. The highest BCUT2D eigenvalue weighted by molar-refractivity contribution is 9.10. The monoisotopic (exact) mass is 362 g/mol. The van der Waals surface area contributed by atoms with E-state index in [-0.39, 0.29) is 21.7 Å². The van der Waals surface area contributed by atoms with Gasteiger partial charge >= 0.3 is 0 Å². The zero-order valence-electron chi connectivity index (χ0n) is 10.4. The van der Waals surface area contributed by atoms with Crippen molar-refractivity contribution in [3.05, 3.63) is 52.3 Å². The number of anilines is 1. The Morgan fingerprint density at radius 2 is 1.81 bits per heavy atom. The van der Waals surface area contributed by atoms with Crippen LogP contribution in [0.15, 0.2) is 46.0 Å². The third-order valence-electron chi connectivity index (χ3n) is 2.50. The van der Waals surface area contributed by atoms with Gasteiger partial charge in [0.25, 0.3) is 10.0 Å². The maximum absolute atomic E-state index is 12.2. The minimum absolute atomic E-state index is 0.0141. The van der Waals surface area contributed by atoms with Crippen molar-refractivity contribution in [3.8, 4) is 12.1 Å². The Bertz CT molecular complexity index is 882. The van der Waals surface area contributed by atoms with Crippen molar-refractivity contribution in [3.63, 3.8) is 0 Å². The van der Waals surface area contributed by atoms with E-state index in [1.165, 1.54) is 36.7 Å². The van der Waals surface area contributed by atoms with Gasteiger partial charge < -0.3 is 0 Å². The topological polar surface area (TPSA) is 107 Å². The predicted octanol–water partition coefficient (Wildman–Crippen LogP) is 2.39. The average molecular weight is 363 g/mol. The van der Waals surface area contributed by atoms with E-state index < -0.39 is 10.0 Å². The second-order valence-corrected chi connectivity index (χ2v) is 6.53. The second kappa shape index (κ2) is 5.92. The first-order valence-electron chi connectivity index (χ1n) is 5.54. The summed E-state index contributed by atoms with van der Waals surface area (Å²) in [5.41, 5.74) is 0.486. The van der Waals surface area contributed by atoms with Crippen LogP contribution in [0.5, 0.6) is 0 Å². The van der Waals surface area contributed by atoms with Gasteiger partial charge in [-0.05, 0) is 40.2 Å². The fourth-order valence-electron chi connectivity index (χ4n) is 1.55. The normalized spacial score (nSPS) is 10.4. The molecule has 0 saturated heterocycles. The summed E-state index contributed by atoms with van der Waals surface area (Å²) < 4.78 is 27.2. The van der Waals surface area contributed by atoms with Crippen LogP contribution in [0.2, 0.25) is 0 Å². The summed E-state index contributed by atoms with van der Waals surface area (Å²) in [6, 6.07) is 9.22. The van der Waals surface area contributed by atoms with Crippen LogP contribution in [0.25, 0.3) is 0 Å². The lowest BCUT2D eigenvalue weighted by atomic mass is 10.1. The molecule has 0 atom stereocenters. The molecule has 0 spiro atoms. The highest BCUT2D eigenvalue weighted by Crippen LogP contribution is 2.20. The zero-order valence-corrected chi connectivity index (χ0v) is 12.8. The van der Waals surface area contributed by atoms with E-state index >= 15 is 0 Å². The van der Waals surface area contributed by atoms with Crippen molar-refractivity contribution in [2.24, 2.45) is 0 Å². The summed E-state index contributed by atoms with van der Waals surface area (Å²) in [6.07, 6.45) is 2.68. The standard InChI is InChI=1S/C13H7BrN4O2S/c14-11-4-13(8-17-7-11)21(19,20)18-12-2-1-9(5-15)10(3-12)6-16/h1-4,7-8,18H. The van der Waals surface area contributed by atoms with E-state index in [0.717, 1.165) is 0 Å². The molecular formula is C13H7BrN4O2S. The highest BCUT2D eigenvalue weighted by atomic mass is 79.9. The van der Waals surface area contributed by atoms with Crippen LogP contribution in [0.4, 0.5) is 5.69 Å². The molecule has 1 N–H and O–H groups in total. The Labute approximate surface area is 129 Å². The second-order valence-electron chi connectivity index (χ2n) is 3.93. The summed E-state index contributed by atoms with van der Waals surface area (Å²) in [5, 5.41) is 17.8. The van der Waals surface area contributed by atoms with Gasteiger partial charge in [0.1, 0.15) is 17.0 Å². The van der Waals surface area contributed by atoms with Gasteiger partial charge in [0, 0.05) is 16.9 Å². The van der Waals surface area contributed by atoms with Crippen molar-refractivity contribution >= 4 is 31.6 Å². The minimum atomic E-state index is -3.82. The van der Waals surface area contributed by atoms with E-state index in [9.17, 15) is 8.42 Å². The number of nitrogens with one attached hydrogen (secondary N) is 1. The van der Waals surface area contributed by atoms with E-state index in [4.69, 9.17) is 10.5 Å². The van der Waals surface area contributed by atoms with Crippen molar-refractivity contribution in [2.75, 3.05) is 4.72 Å². The SMILES string of the molecule is N#Cc1ccc(NS(=O)(=O)c2cncc(Br)c2)cc1C#N. The molecule has 0 aliphatic rings. The molecule has 0 fully saturated rings. The van der Waals surface area contributed by atoms with Crippen molar-refractivity contribution < 1.29 is 8.42 Å². The smallest absolute Gasteiger partial charge is 0.263 e. The van der Waals surface area contributed by atoms with Gasteiger partial charge in [-0.2, -0.15) is 10.5 Å². The number of rotatable bonds is 3. The fraction of sp³-hybridized carbons (Fsp3) is 0. The largest absolute Gasteiger partial charge is 0.280 e. The molecule has 0 bridgehead atoms. The van der Waals surface area contributed by atoms with E-state index in [0.29, 0.717) is 4.47 Å². The lowest BCUT2D eigenvalue weighted by molar-refractivity contribution is 0.600. The fourth-order valence-corrected chi connectivity index (χ4v) is 3.10. The van der Waals surface area contributed by atoms with Gasteiger partial charge in [-0.15, -0.1) is 0 Å². The Morgan fingerprint density at radius 3 is 2.43 bits per heavy atom. The first kappa shape index (κ1) is 15.0. The lowest BCUT2D eigenvalue weighted by Crippen LogP contribution is -2.13. The van der Waals surface area contributed by atoms with Gasteiger partial charge in [0.15, 0.2) is 0 Å². The Morgan fingerprint density at radius 1 is 1.10 bits per heavy atom. The molecule has 104 valence electrons. The third-order valence-corrected chi connectivity index (χ3v) is 4.28. The van der Waals surface area contributed by atoms with Crippen molar-refractivity contribution in [1.82, 2.24) is 4.98 Å². The number of halogens is 1. The molecule has 0 aliphatic heterocycles. The molecule has 6 nitrogen and oxygen atoms in total. The average Bonchev–Trinajstić information content (AvgIpc) is 2.46. The van der Waals surface area contributed by atoms with Gasteiger partial charge in [0.05, 0.1) is 16.8 Å². The number of hydrogen-bond donors (Lipinski definition) is 1. The van der Waals surface area contributed by atoms with Crippen LogP contribution < -0.4 is 4.72 Å². The molecule has 0 amide bonds. The molecule has 0 unspecified atom stereocenters. The summed E-state index contributed by atoms with van der Waals surface area (Å²) in [4.78, 5) is 3.78. The number of sulfonamides is 1. The number of benzene rings is 1. The van der Waals surface area contributed by atoms with E-state index in [2.05, 4.69) is 25.6 Å². The van der Waals surface area contributed by atoms with E-state index in [1.54, 1.807) is 0 Å². The summed E-state index contributed by atoms with van der Waals surface area (Å²) >= 11 is 3.15. The van der Waals surface area contributed by atoms with Gasteiger partial charge in [-0.1, -0.05) is 0 Å². The molecule has 0 radical (unpaired) electrons. The summed E-state index contributed by atoms with van der Waals surface area (Å²) in [6.45, 7) is 0. The van der Waals surface area contributed by atoms with Crippen LogP contribution >= 0.6 is 15.9 Å². The minimum Gasteiger partial charge on any atom is -0.280 e. The lowest BCUT2D eigenvalue weighted by Gasteiger charge is -2.08. The Balaban J connectivity index is 2.38. The molecule has 21 heavy (non-hydrogen) atoms. The summed E-state index contributed by atoms with van der Waals surface area (Å²) in [5.74, 6) is 0. The molecule has 2 aromatic rings. The molecular weight excluding hydrogens is 356 g/mol. The molecule has 2 rings (SSSR count). The first-order valence-corrected chi connectivity index (χ1v) is 7.81. The van der Waals surface area contributed by atoms with Crippen LogP contribution in [-0.2, 0) is 10.0 Å². The van der Waals surface area contributed by atoms with Crippen LogP contribution in [-0.4, -0.2) is 13.4 Å². The number of hydrogen-bond acceptors (Lipinski definition) is 5. The molecule has 1 aromatic heterocycles. The zero-order chi connectivity index (χ0) is 15.5. The number of pyridine rings is 1. The number of nitrogens with zero attached hydrogens (tertiary/aromatic N) is 3. The highest BCUT2D eigenvalue weighted by Gasteiger charge is 2.16. The molecule has 0 aliphatic carbocycles. The van der Waals surface area contributed by atoms with Crippen molar-refractivity contribution in [1.29, 1.82) is 10.5 Å². The molecule has 8 heteroatoms. The van der Waals surface area contributed by atoms with Crippen LogP contribution in [0.1, 0.15) is 11.1 Å². The van der Waals surface area contributed by atoms with Gasteiger partial charge in [-0.3, -0.25) is 9.71 Å². The number of aromatic nitrogens is 1. The molecule has 1 aromatic carbocycles. The van der Waals surface area contributed by atoms with E-state index in [1.807, 2.05) is 12.1 Å².